The summed E-state index contributed by atoms with van der Waals surface area (Å²) in [5.41, 5.74) is 1.31. The predicted octanol–water partition coefficient (Wildman–Crippen LogP) is 4.03. The molecule has 0 N–H and O–H groups in total. The summed E-state index contributed by atoms with van der Waals surface area (Å²) in [5, 5.41) is 0. The van der Waals surface area contributed by atoms with E-state index in [-0.39, 0.29) is 0 Å². The fourth-order valence-corrected chi connectivity index (χ4v) is 0.866. The van der Waals surface area contributed by atoms with Crippen LogP contribution in [0.3, 0.4) is 0 Å². The Bertz CT molecular complexity index is 192. The van der Waals surface area contributed by atoms with Crippen molar-refractivity contribution in [3.63, 3.8) is 0 Å². The monoisotopic (exact) mass is 162 g/mol. The van der Waals surface area contributed by atoms with Gasteiger partial charge in [0.15, 0.2) is 0 Å². The van der Waals surface area contributed by atoms with Crippen LogP contribution in [0.5, 0.6) is 0 Å². The van der Waals surface area contributed by atoms with Crippen LogP contribution in [-0.4, -0.2) is 0 Å². The van der Waals surface area contributed by atoms with Crippen molar-refractivity contribution in [1.29, 1.82) is 0 Å². The van der Waals surface area contributed by atoms with Gasteiger partial charge in [-0.2, -0.15) is 0 Å². The molecule has 0 radical (unpaired) electrons. The second kappa shape index (κ2) is 8.06. The Balaban J connectivity index is 4.13. The molecule has 0 fully saturated rings. The van der Waals surface area contributed by atoms with Gasteiger partial charge in [0.1, 0.15) is 0 Å². The number of hydrogen-bond acceptors (Lipinski definition) is 0. The summed E-state index contributed by atoms with van der Waals surface area (Å²) in [6, 6.07) is 0. The van der Waals surface area contributed by atoms with E-state index in [1.165, 1.54) is 5.57 Å². The Hall–Kier alpha value is -1.04. The zero-order chi connectivity index (χ0) is 9.23. The van der Waals surface area contributed by atoms with Crippen molar-refractivity contribution in [3.8, 4) is 0 Å². The lowest BCUT2D eigenvalue weighted by Crippen LogP contribution is -1.74. The molecule has 0 amide bonds. The second-order valence-corrected chi connectivity index (χ2v) is 2.56. The fourth-order valence-electron chi connectivity index (χ4n) is 0.866. The molecule has 0 saturated carbocycles. The van der Waals surface area contributed by atoms with Gasteiger partial charge in [-0.25, -0.2) is 0 Å². The maximum atomic E-state index is 3.68. The van der Waals surface area contributed by atoms with Crippen LogP contribution in [0.1, 0.15) is 26.7 Å². The standard InChI is InChI=1S/C12H18/c1-4-7-10-12(9-6-3)11-8-5-2/h4,6-9,11H,3,5,10H2,1-2H3/b7-4-,11-8-,12-9-. The molecule has 0 aromatic heterocycles. The summed E-state index contributed by atoms with van der Waals surface area (Å²) in [6.07, 6.45) is 14.5. The molecule has 0 rings (SSSR count). The summed E-state index contributed by atoms with van der Waals surface area (Å²) in [6.45, 7) is 7.86. The van der Waals surface area contributed by atoms with E-state index in [0.29, 0.717) is 0 Å². The lowest BCUT2D eigenvalue weighted by atomic mass is 10.1. The first-order chi connectivity index (χ1) is 5.85. The Morgan fingerprint density at radius 3 is 2.58 bits per heavy atom. The number of hydrogen-bond donors (Lipinski definition) is 0. The van der Waals surface area contributed by atoms with E-state index in [2.05, 4.69) is 37.8 Å². The first kappa shape index (κ1) is 11.0. The molecule has 12 heavy (non-hydrogen) atoms. The van der Waals surface area contributed by atoms with Crippen LogP contribution in [0.4, 0.5) is 0 Å². The Morgan fingerprint density at radius 1 is 1.33 bits per heavy atom. The van der Waals surface area contributed by atoms with Crippen LogP contribution < -0.4 is 0 Å². The first-order valence-corrected chi connectivity index (χ1v) is 4.44. The Labute approximate surface area is 76.0 Å². The highest BCUT2D eigenvalue weighted by Gasteiger charge is 1.85. The molecular weight excluding hydrogens is 144 g/mol. The van der Waals surface area contributed by atoms with Crippen molar-refractivity contribution >= 4 is 0 Å². The van der Waals surface area contributed by atoms with E-state index in [9.17, 15) is 0 Å². The van der Waals surface area contributed by atoms with Crippen molar-refractivity contribution < 1.29 is 0 Å². The fraction of sp³-hybridized carbons (Fsp3) is 0.333. The van der Waals surface area contributed by atoms with Crippen molar-refractivity contribution in [3.05, 3.63) is 48.6 Å². The van der Waals surface area contributed by atoms with Crippen molar-refractivity contribution in [2.24, 2.45) is 0 Å². The lowest BCUT2D eigenvalue weighted by molar-refractivity contribution is 1.20. The molecule has 0 aliphatic carbocycles. The molecule has 0 aliphatic rings. The Kier molecular flexibility index (Phi) is 7.36. The summed E-state index contributed by atoms with van der Waals surface area (Å²) >= 11 is 0. The SMILES string of the molecule is C=C/C=C(\C=C/CC)C/C=C\C. The smallest absolute Gasteiger partial charge is 0.00977 e. The van der Waals surface area contributed by atoms with Crippen molar-refractivity contribution in [2.45, 2.75) is 26.7 Å². The average molecular weight is 162 g/mol. The van der Waals surface area contributed by atoms with Gasteiger partial charge < -0.3 is 0 Å². The summed E-state index contributed by atoms with van der Waals surface area (Å²) in [7, 11) is 0. The zero-order valence-electron chi connectivity index (χ0n) is 8.09. The topological polar surface area (TPSA) is 0 Å². The molecule has 0 unspecified atom stereocenters. The lowest BCUT2D eigenvalue weighted by Gasteiger charge is -1.94. The van der Waals surface area contributed by atoms with Gasteiger partial charge in [0.05, 0.1) is 0 Å². The molecule has 0 aliphatic heterocycles. The van der Waals surface area contributed by atoms with Gasteiger partial charge in [0.25, 0.3) is 0 Å². The van der Waals surface area contributed by atoms with Gasteiger partial charge >= 0.3 is 0 Å². The predicted molar refractivity (Wildman–Crippen MR) is 57.1 cm³/mol. The number of rotatable bonds is 5. The van der Waals surface area contributed by atoms with E-state index in [4.69, 9.17) is 0 Å². The largest absolute Gasteiger partial charge is 0.0991 e. The summed E-state index contributed by atoms with van der Waals surface area (Å²) in [4.78, 5) is 0. The minimum atomic E-state index is 0.999. The maximum absolute atomic E-state index is 3.68. The van der Waals surface area contributed by atoms with E-state index < -0.39 is 0 Å². The molecule has 66 valence electrons. The van der Waals surface area contributed by atoms with Gasteiger partial charge in [-0.15, -0.1) is 0 Å². The third kappa shape index (κ3) is 5.72. The minimum Gasteiger partial charge on any atom is -0.0991 e. The summed E-state index contributed by atoms with van der Waals surface area (Å²) in [5.74, 6) is 0. The zero-order valence-corrected chi connectivity index (χ0v) is 8.09. The molecular formula is C12H18. The van der Waals surface area contributed by atoms with Crippen LogP contribution in [0.25, 0.3) is 0 Å². The molecule has 0 bridgehead atoms. The van der Waals surface area contributed by atoms with E-state index in [0.717, 1.165) is 12.8 Å². The van der Waals surface area contributed by atoms with E-state index in [1.807, 2.05) is 19.1 Å². The van der Waals surface area contributed by atoms with Crippen molar-refractivity contribution in [1.82, 2.24) is 0 Å². The molecule has 0 spiro atoms. The van der Waals surface area contributed by atoms with E-state index >= 15 is 0 Å². The molecule has 0 nitrogen and oxygen atoms in total. The van der Waals surface area contributed by atoms with Gasteiger partial charge in [-0.05, 0) is 25.3 Å². The highest BCUT2D eigenvalue weighted by molar-refractivity contribution is 5.25. The second-order valence-electron chi connectivity index (χ2n) is 2.56. The maximum Gasteiger partial charge on any atom is -0.00977 e. The molecule has 0 aromatic rings. The van der Waals surface area contributed by atoms with Crippen LogP contribution >= 0.6 is 0 Å². The third-order valence-electron chi connectivity index (χ3n) is 1.49. The highest BCUT2D eigenvalue weighted by Crippen LogP contribution is 2.05. The highest BCUT2D eigenvalue weighted by atomic mass is 13.9. The van der Waals surface area contributed by atoms with E-state index in [1.54, 1.807) is 0 Å². The van der Waals surface area contributed by atoms with Crippen LogP contribution in [0.15, 0.2) is 48.6 Å². The minimum absolute atomic E-state index is 0.999. The first-order valence-electron chi connectivity index (χ1n) is 4.44. The van der Waals surface area contributed by atoms with Crippen molar-refractivity contribution in [2.75, 3.05) is 0 Å². The molecule has 0 aromatic carbocycles. The Morgan fingerprint density at radius 2 is 2.08 bits per heavy atom. The van der Waals surface area contributed by atoms with Gasteiger partial charge in [-0.3, -0.25) is 0 Å². The summed E-state index contributed by atoms with van der Waals surface area (Å²) < 4.78 is 0. The normalized spacial score (nSPS) is 13.0. The third-order valence-corrected chi connectivity index (χ3v) is 1.49. The molecule has 0 atom stereocenters. The van der Waals surface area contributed by atoms with Gasteiger partial charge in [-0.1, -0.05) is 50.0 Å². The molecule has 0 heterocycles. The average Bonchev–Trinajstić information content (AvgIpc) is 2.10. The molecule has 0 heteroatoms. The quantitative estimate of drug-likeness (QED) is 0.423. The van der Waals surface area contributed by atoms with Crippen LogP contribution in [0, 0.1) is 0 Å². The number of allylic oxidation sites excluding steroid dienone is 7. The van der Waals surface area contributed by atoms with Gasteiger partial charge in [0.2, 0.25) is 0 Å². The van der Waals surface area contributed by atoms with Crippen LogP contribution in [-0.2, 0) is 0 Å². The van der Waals surface area contributed by atoms with Gasteiger partial charge in [0, 0.05) is 0 Å². The molecule has 0 saturated heterocycles. The van der Waals surface area contributed by atoms with Crippen LogP contribution in [0.2, 0.25) is 0 Å².